The Hall–Kier alpha value is 0.683. The molecule has 0 saturated heterocycles. The van der Waals surface area contributed by atoms with Crippen molar-refractivity contribution in [1.82, 2.24) is 0 Å². The number of hydrogen-bond donors (Lipinski definition) is 0. The van der Waals surface area contributed by atoms with Gasteiger partial charge in [-0.3, -0.25) is 0 Å². The molecular weight excluding hydrogens is 270 g/mol. The average Bonchev–Trinajstić information content (AvgIpc) is 2.52. The van der Waals surface area contributed by atoms with Crippen LogP contribution in [0.5, 0.6) is 0 Å². The van der Waals surface area contributed by atoms with Crippen LogP contribution in [0.3, 0.4) is 0 Å². The van der Waals surface area contributed by atoms with Crippen LogP contribution in [0.15, 0.2) is 29.4 Å². The maximum absolute atomic E-state index is 4.93. The minimum atomic E-state index is -0.826. The fourth-order valence-electron chi connectivity index (χ4n) is 1.36. The minimum absolute atomic E-state index is 0.826. The molecule has 0 fully saturated rings. The quantitative estimate of drug-likeness (QED) is 0.592. The van der Waals surface area contributed by atoms with Gasteiger partial charge < -0.3 is 0 Å². The van der Waals surface area contributed by atoms with Crippen molar-refractivity contribution in [2.45, 2.75) is 19.3 Å². The monoisotopic (exact) mass is 277 g/mol. The number of halogens is 2. The summed E-state index contributed by atoms with van der Waals surface area (Å²) in [6.45, 7) is 0. The molecule has 0 heterocycles. The first-order valence-corrected chi connectivity index (χ1v) is 10.2. The van der Waals surface area contributed by atoms with Crippen LogP contribution in [-0.2, 0) is 20.8 Å². The SMILES string of the molecule is [C-]1=CC=C2CCCC=C12.[Cl][Zr][Cl]. The van der Waals surface area contributed by atoms with Gasteiger partial charge in [-0.2, -0.15) is 29.4 Å². The van der Waals surface area contributed by atoms with Crippen molar-refractivity contribution in [3.63, 3.8) is 0 Å². The molecule has 3 heteroatoms. The second kappa shape index (κ2) is 6.18. The standard InChI is InChI=1S/C9H9.2ClH.Zr/c1-2-5-9-7-3-6-8(9)4-1;;;/h3-4,7H,1-2,5H2;2*1H;/q-1;;;+2/p-2. The zero-order valence-electron chi connectivity index (χ0n) is 6.61. The van der Waals surface area contributed by atoms with Crippen molar-refractivity contribution in [3.8, 4) is 0 Å². The number of rotatable bonds is 0. The second-order valence-corrected chi connectivity index (χ2v) is 6.32. The van der Waals surface area contributed by atoms with Crippen LogP contribution in [-0.4, -0.2) is 0 Å². The molecule has 0 unspecified atom stereocenters. The van der Waals surface area contributed by atoms with Gasteiger partial charge in [-0.15, -0.1) is 6.08 Å². The fraction of sp³-hybridized carbons (Fsp3) is 0.333. The predicted octanol–water partition coefficient (Wildman–Crippen LogP) is 3.77. The van der Waals surface area contributed by atoms with Crippen LogP contribution >= 0.6 is 17.0 Å². The number of hydrogen-bond acceptors (Lipinski definition) is 0. The molecule has 64 valence electrons. The Bertz CT molecular complexity index is 229. The summed E-state index contributed by atoms with van der Waals surface area (Å²) in [5.74, 6) is 0. The van der Waals surface area contributed by atoms with Crippen molar-refractivity contribution in [2.24, 2.45) is 0 Å². The molecule has 0 radical (unpaired) electrons. The van der Waals surface area contributed by atoms with E-state index >= 15 is 0 Å². The van der Waals surface area contributed by atoms with E-state index in [-0.39, 0.29) is 0 Å². The van der Waals surface area contributed by atoms with Crippen LogP contribution in [0.1, 0.15) is 19.3 Å². The van der Waals surface area contributed by atoms with Crippen molar-refractivity contribution in [1.29, 1.82) is 0 Å². The van der Waals surface area contributed by atoms with Gasteiger partial charge in [0, 0.05) is 0 Å². The van der Waals surface area contributed by atoms with Crippen molar-refractivity contribution >= 4 is 17.0 Å². The van der Waals surface area contributed by atoms with E-state index in [1.807, 2.05) is 6.08 Å². The average molecular weight is 279 g/mol. The molecule has 0 N–H and O–H groups in total. The molecule has 2 rings (SSSR count). The van der Waals surface area contributed by atoms with E-state index in [9.17, 15) is 0 Å². The summed E-state index contributed by atoms with van der Waals surface area (Å²) in [6, 6.07) is 0. The summed E-state index contributed by atoms with van der Waals surface area (Å²) in [4.78, 5) is 0. The van der Waals surface area contributed by atoms with Crippen molar-refractivity contribution in [2.75, 3.05) is 0 Å². The zero-order valence-corrected chi connectivity index (χ0v) is 10.6. The van der Waals surface area contributed by atoms with E-state index < -0.39 is 20.8 Å². The van der Waals surface area contributed by atoms with E-state index in [0.717, 1.165) is 0 Å². The Morgan fingerprint density at radius 1 is 1.42 bits per heavy atom. The number of fused-ring (bicyclic) bond motifs is 1. The van der Waals surface area contributed by atoms with E-state index in [0.29, 0.717) is 0 Å². The third-order valence-corrected chi connectivity index (χ3v) is 1.87. The van der Waals surface area contributed by atoms with E-state index in [1.165, 1.54) is 30.4 Å². The zero-order chi connectivity index (χ0) is 8.81. The maximum atomic E-state index is 4.93. The second-order valence-electron chi connectivity index (χ2n) is 2.58. The van der Waals surface area contributed by atoms with E-state index in [2.05, 4.69) is 18.2 Å². The molecule has 2 aliphatic rings. The van der Waals surface area contributed by atoms with Gasteiger partial charge in [0.1, 0.15) is 0 Å². The van der Waals surface area contributed by atoms with Gasteiger partial charge in [-0.25, -0.2) is 0 Å². The number of allylic oxidation sites excluding steroid dienone is 6. The first-order chi connectivity index (χ1) is 5.88. The molecule has 0 aromatic heterocycles. The van der Waals surface area contributed by atoms with E-state index in [1.54, 1.807) is 0 Å². The molecule has 0 saturated carbocycles. The van der Waals surface area contributed by atoms with Gasteiger partial charge in [-0.1, -0.05) is 19.3 Å². The molecule has 0 bridgehead atoms. The van der Waals surface area contributed by atoms with Crippen molar-refractivity contribution < 1.29 is 20.8 Å². The molecule has 2 aliphatic carbocycles. The molecule has 0 nitrogen and oxygen atoms in total. The Labute approximate surface area is 92.0 Å². The van der Waals surface area contributed by atoms with Crippen LogP contribution < -0.4 is 0 Å². The van der Waals surface area contributed by atoms with Gasteiger partial charge in [0.25, 0.3) is 0 Å². The molecule has 12 heavy (non-hydrogen) atoms. The van der Waals surface area contributed by atoms with Gasteiger partial charge in [-0.05, 0) is 0 Å². The third-order valence-electron chi connectivity index (χ3n) is 1.87. The van der Waals surface area contributed by atoms with Gasteiger partial charge in [0.05, 0.1) is 0 Å². The predicted molar refractivity (Wildman–Crippen MR) is 49.5 cm³/mol. The summed E-state index contributed by atoms with van der Waals surface area (Å²) in [6.07, 6.45) is 13.5. The summed E-state index contributed by atoms with van der Waals surface area (Å²) in [7, 11) is 9.87. The van der Waals surface area contributed by atoms with Gasteiger partial charge in [0.2, 0.25) is 0 Å². The normalized spacial score (nSPS) is 18.5. The molecule has 0 aromatic rings. The van der Waals surface area contributed by atoms with Gasteiger partial charge >= 0.3 is 37.9 Å². The summed E-state index contributed by atoms with van der Waals surface area (Å²) in [5.41, 5.74) is 2.84. The Balaban J connectivity index is 0.000000213. The Morgan fingerprint density at radius 3 is 2.83 bits per heavy atom. The molecule has 0 spiro atoms. The summed E-state index contributed by atoms with van der Waals surface area (Å²) < 4.78 is 0. The van der Waals surface area contributed by atoms with E-state index in [4.69, 9.17) is 17.0 Å². The van der Waals surface area contributed by atoms with Crippen LogP contribution in [0.4, 0.5) is 0 Å². The van der Waals surface area contributed by atoms with Crippen LogP contribution in [0.2, 0.25) is 0 Å². The first-order valence-electron chi connectivity index (χ1n) is 3.84. The first kappa shape index (κ1) is 10.8. The summed E-state index contributed by atoms with van der Waals surface area (Å²) in [5, 5.41) is 0. The molecule has 0 aliphatic heterocycles. The van der Waals surface area contributed by atoms with Gasteiger partial charge in [0.15, 0.2) is 0 Å². The topological polar surface area (TPSA) is 0 Å². The molecule has 0 amide bonds. The Kier molecular flexibility index (Phi) is 5.55. The third kappa shape index (κ3) is 3.20. The van der Waals surface area contributed by atoms with Crippen molar-refractivity contribution in [3.05, 3.63) is 35.5 Å². The molecule has 0 atom stereocenters. The van der Waals surface area contributed by atoms with Crippen LogP contribution in [0.25, 0.3) is 0 Å². The van der Waals surface area contributed by atoms with Crippen LogP contribution in [0, 0.1) is 6.08 Å². The molecular formula is C9H9Cl2Zr-. The fourth-order valence-corrected chi connectivity index (χ4v) is 1.36. The summed E-state index contributed by atoms with van der Waals surface area (Å²) >= 11 is -0.826. The Morgan fingerprint density at radius 2 is 2.17 bits per heavy atom. The molecule has 0 aromatic carbocycles.